The van der Waals surface area contributed by atoms with Crippen molar-refractivity contribution in [2.45, 2.75) is 25.3 Å². The molecular weight excluding hydrogens is 374 g/mol. The van der Waals surface area contributed by atoms with Crippen molar-refractivity contribution < 1.29 is 13.2 Å². The third-order valence-electron chi connectivity index (χ3n) is 5.11. The molecular formula is C21H27N3O3S. The average molecular weight is 402 g/mol. The Kier molecular flexibility index (Phi) is 6.36. The van der Waals surface area contributed by atoms with Gasteiger partial charge in [-0.15, -0.1) is 0 Å². The summed E-state index contributed by atoms with van der Waals surface area (Å²) in [5, 5.41) is 2.86. The first kappa shape index (κ1) is 20.4. The largest absolute Gasteiger partial charge is 0.372 e. The molecule has 1 aliphatic rings. The zero-order chi connectivity index (χ0) is 20.1. The number of anilines is 2. The molecule has 2 aromatic rings. The molecule has 1 unspecified atom stereocenters. The molecule has 0 radical (unpaired) electrons. The van der Waals surface area contributed by atoms with Crippen LogP contribution in [0.4, 0.5) is 11.4 Å². The lowest BCUT2D eigenvalue weighted by Crippen LogP contribution is -2.38. The Bertz CT molecular complexity index is 892. The summed E-state index contributed by atoms with van der Waals surface area (Å²) >= 11 is 0. The fraction of sp³-hybridized carbons (Fsp3) is 0.381. The van der Waals surface area contributed by atoms with Crippen LogP contribution in [0.25, 0.3) is 0 Å². The maximum atomic E-state index is 13.0. The molecule has 0 spiro atoms. The van der Waals surface area contributed by atoms with Crippen molar-refractivity contribution >= 4 is 27.3 Å². The summed E-state index contributed by atoms with van der Waals surface area (Å²) in [5.74, 6) is -0.384. The third kappa shape index (κ3) is 4.91. The van der Waals surface area contributed by atoms with Crippen LogP contribution in [-0.4, -0.2) is 45.0 Å². The van der Waals surface area contributed by atoms with Crippen LogP contribution in [0.3, 0.4) is 0 Å². The zero-order valence-corrected chi connectivity index (χ0v) is 17.2. The molecule has 6 nitrogen and oxygen atoms in total. The van der Waals surface area contributed by atoms with Gasteiger partial charge in [-0.25, -0.2) is 8.42 Å². The fourth-order valence-electron chi connectivity index (χ4n) is 3.47. The van der Waals surface area contributed by atoms with Crippen molar-refractivity contribution in [3.8, 4) is 0 Å². The average Bonchev–Trinajstić information content (AvgIpc) is 2.69. The van der Waals surface area contributed by atoms with Crippen molar-refractivity contribution in [1.29, 1.82) is 0 Å². The molecule has 1 fully saturated rings. The Hall–Kier alpha value is -2.38. The van der Waals surface area contributed by atoms with E-state index < -0.39 is 16.1 Å². The molecule has 1 saturated heterocycles. The second-order valence-electron chi connectivity index (χ2n) is 7.18. The highest BCUT2D eigenvalue weighted by atomic mass is 32.2. The van der Waals surface area contributed by atoms with Gasteiger partial charge in [-0.1, -0.05) is 30.3 Å². The Labute approximate surface area is 167 Å². The first-order valence-corrected chi connectivity index (χ1v) is 11.3. The van der Waals surface area contributed by atoms with E-state index in [1.54, 1.807) is 24.3 Å². The summed E-state index contributed by atoms with van der Waals surface area (Å²) in [7, 11) is -2.12. The molecule has 28 heavy (non-hydrogen) atoms. The van der Waals surface area contributed by atoms with E-state index in [4.69, 9.17) is 0 Å². The molecule has 1 N–H and O–H groups in total. The number of rotatable bonds is 6. The molecule has 0 bridgehead atoms. The number of carbonyl (C=O) groups excluding carboxylic acids is 1. The van der Waals surface area contributed by atoms with E-state index >= 15 is 0 Å². The maximum absolute atomic E-state index is 13.0. The summed E-state index contributed by atoms with van der Waals surface area (Å²) < 4.78 is 25.2. The lowest BCUT2D eigenvalue weighted by molar-refractivity contribution is -0.119. The Morgan fingerprint density at radius 1 is 1.00 bits per heavy atom. The van der Waals surface area contributed by atoms with E-state index in [-0.39, 0.29) is 5.91 Å². The van der Waals surface area contributed by atoms with E-state index in [1.807, 2.05) is 30.3 Å². The Morgan fingerprint density at radius 3 is 2.18 bits per heavy atom. The van der Waals surface area contributed by atoms with Crippen LogP contribution in [0.1, 0.15) is 30.9 Å². The maximum Gasteiger partial charge on any atom is 0.247 e. The minimum atomic E-state index is -3.54. The minimum Gasteiger partial charge on any atom is -0.372 e. The van der Waals surface area contributed by atoms with Gasteiger partial charge in [-0.2, -0.15) is 4.31 Å². The Balaban J connectivity index is 1.78. The molecule has 1 aliphatic heterocycles. The van der Waals surface area contributed by atoms with Gasteiger partial charge >= 0.3 is 0 Å². The van der Waals surface area contributed by atoms with Crippen LogP contribution in [0.5, 0.6) is 0 Å². The van der Waals surface area contributed by atoms with Gasteiger partial charge in [0.05, 0.1) is 6.26 Å². The predicted molar refractivity (Wildman–Crippen MR) is 113 cm³/mol. The summed E-state index contributed by atoms with van der Waals surface area (Å²) in [4.78, 5) is 15.3. The molecule has 3 rings (SSSR count). The highest BCUT2D eigenvalue weighted by Crippen LogP contribution is 2.25. The van der Waals surface area contributed by atoms with E-state index in [2.05, 4.69) is 10.2 Å². The summed E-state index contributed by atoms with van der Waals surface area (Å²) in [6.07, 6.45) is 4.78. The van der Waals surface area contributed by atoms with Gasteiger partial charge in [-0.05, 0) is 49.1 Å². The third-order valence-corrected chi connectivity index (χ3v) is 6.36. The van der Waals surface area contributed by atoms with Crippen LogP contribution in [-0.2, 0) is 14.8 Å². The second kappa shape index (κ2) is 8.75. The molecule has 1 atom stereocenters. The van der Waals surface area contributed by atoms with Crippen LogP contribution < -0.4 is 10.2 Å². The molecule has 2 aromatic carbocycles. The number of likely N-dealkylation sites (N-methyl/N-ethyl adjacent to an activating group) is 1. The summed E-state index contributed by atoms with van der Waals surface area (Å²) in [5.41, 5.74) is 2.41. The molecule has 150 valence electrons. The van der Waals surface area contributed by atoms with E-state index in [0.717, 1.165) is 29.3 Å². The molecule has 0 saturated carbocycles. The topological polar surface area (TPSA) is 69.7 Å². The highest BCUT2D eigenvalue weighted by molar-refractivity contribution is 7.88. The normalized spacial score (nSPS) is 16.0. The van der Waals surface area contributed by atoms with Crippen LogP contribution >= 0.6 is 0 Å². The first-order valence-electron chi connectivity index (χ1n) is 9.50. The molecule has 0 aliphatic carbocycles. The van der Waals surface area contributed by atoms with Crippen LogP contribution in [0, 0.1) is 0 Å². The van der Waals surface area contributed by atoms with Crippen molar-refractivity contribution in [3.63, 3.8) is 0 Å². The van der Waals surface area contributed by atoms with Crippen LogP contribution in [0.15, 0.2) is 54.6 Å². The summed E-state index contributed by atoms with van der Waals surface area (Å²) in [6.45, 7) is 2.11. The summed E-state index contributed by atoms with van der Waals surface area (Å²) in [6, 6.07) is 15.7. The van der Waals surface area contributed by atoms with Crippen molar-refractivity contribution in [3.05, 3.63) is 60.2 Å². The lowest BCUT2D eigenvalue weighted by Gasteiger charge is -2.29. The van der Waals surface area contributed by atoms with Gasteiger partial charge in [0.15, 0.2) is 0 Å². The number of hydrogen-bond donors (Lipinski definition) is 1. The zero-order valence-electron chi connectivity index (χ0n) is 16.3. The number of nitrogens with zero attached hydrogens (tertiary/aromatic N) is 2. The fourth-order valence-corrected chi connectivity index (χ4v) is 4.07. The van der Waals surface area contributed by atoms with Gasteiger partial charge in [0.25, 0.3) is 0 Å². The van der Waals surface area contributed by atoms with Gasteiger partial charge < -0.3 is 10.2 Å². The van der Waals surface area contributed by atoms with Crippen molar-refractivity contribution in [1.82, 2.24) is 4.31 Å². The van der Waals surface area contributed by atoms with Crippen LogP contribution in [0.2, 0.25) is 0 Å². The molecule has 0 aromatic heterocycles. The quantitative estimate of drug-likeness (QED) is 0.807. The minimum absolute atomic E-state index is 0.384. The van der Waals surface area contributed by atoms with Gasteiger partial charge in [0.1, 0.15) is 6.04 Å². The monoisotopic (exact) mass is 401 g/mol. The SMILES string of the molecule is CN(C(C(=O)Nc1ccc(N2CCCCC2)cc1)c1ccccc1)S(C)(=O)=O. The number of hydrogen-bond acceptors (Lipinski definition) is 4. The lowest BCUT2D eigenvalue weighted by atomic mass is 10.1. The van der Waals surface area contributed by atoms with E-state index in [0.29, 0.717) is 11.3 Å². The predicted octanol–water partition coefficient (Wildman–Crippen LogP) is 3.25. The first-order chi connectivity index (χ1) is 13.4. The molecule has 1 heterocycles. The highest BCUT2D eigenvalue weighted by Gasteiger charge is 2.30. The molecule has 1 amide bonds. The number of sulfonamides is 1. The number of nitrogens with one attached hydrogen (secondary N) is 1. The van der Waals surface area contributed by atoms with Gasteiger partial charge in [0.2, 0.25) is 15.9 Å². The molecule has 7 heteroatoms. The number of benzene rings is 2. The number of piperidine rings is 1. The van der Waals surface area contributed by atoms with Gasteiger partial charge in [0, 0.05) is 31.5 Å². The smallest absolute Gasteiger partial charge is 0.247 e. The van der Waals surface area contributed by atoms with Gasteiger partial charge in [-0.3, -0.25) is 4.79 Å². The number of amides is 1. The van der Waals surface area contributed by atoms with E-state index in [9.17, 15) is 13.2 Å². The van der Waals surface area contributed by atoms with Crippen molar-refractivity contribution in [2.24, 2.45) is 0 Å². The number of carbonyl (C=O) groups is 1. The standard InChI is InChI=1S/C21H27N3O3S/c1-23(28(2,26)27)20(17-9-5-3-6-10-17)21(25)22-18-11-13-19(14-12-18)24-15-7-4-8-16-24/h3,5-6,9-14,20H,4,7-8,15-16H2,1-2H3,(H,22,25). The van der Waals surface area contributed by atoms with E-state index in [1.165, 1.54) is 26.3 Å². The van der Waals surface area contributed by atoms with Crippen molar-refractivity contribution in [2.75, 3.05) is 36.6 Å². The Morgan fingerprint density at radius 2 is 1.61 bits per heavy atom. The second-order valence-corrected chi connectivity index (χ2v) is 9.22.